The van der Waals surface area contributed by atoms with Gasteiger partial charge >= 0.3 is 0 Å². The number of thiophene rings is 1. The maximum atomic E-state index is 12.3. The Kier molecular flexibility index (Phi) is 5.60. The predicted molar refractivity (Wildman–Crippen MR) is 80.8 cm³/mol. The summed E-state index contributed by atoms with van der Waals surface area (Å²) < 4.78 is 5.34. The number of hydrogen-bond donors (Lipinski definition) is 1. The van der Waals surface area contributed by atoms with Gasteiger partial charge in [0.1, 0.15) is 0 Å². The quantitative estimate of drug-likeness (QED) is 0.860. The van der Waals surface area contributed by atoms with E-state index >= 15 is 0 Å². The number of carbonyl (C=O) groups is 1. The number of hydrogen-bond acceptors (Lipinski definition) is 4. The number of amides is 1. The molecule has 0 unspecified atom stereocenters. The lowest BCUT2D eigenvalue weighted by molar-refractivity contribution is 0.0499. The van der Waals surface area contributed by atoms with Gasteiger partial charge in [-0.05, 0) is 30.9 Å². The van der Waals surface area contributed by atoms with E-state index in [0.29, 0.717) is 12.5 Å². The molecule has 1 amide bonds. The largest absolute Gasteiger partial charge is 0.381 e. The Labute approximate surface area is 123 Å². The minimum atomic E-state index is 0.0716. The second kappa shape index (κ2) is 7.44. The van der Waals surface area contributed by atoms with Crippen molar-refractivity contribution in [3.05, 3.63) is 21.9 Å². The van der Waals surface area contributed by atoms with Crippen molar-refractivity contribution >= 4 is 17.2 Å². The molecule has 0 bridgehead atoms. The smallest absolute Gasteiger partial charge is 0.263 e. The van der Waals surface area contributed by atoms with Gasteiger partial charge in [-0.25, -0.2) is 0 Å². The van der Waals surface area contributed by atoms with E-state index in [0.717, 1.165) is 42.4 Å². The van der Waals surface area contributed by atoms with Gasteiger partial charge < -0.3 is 15.4 Å². The van der Waals surface area contributed by atoms with Crippen LogP contribution in [0.2, 0.25) is 0 Å². The highest BCUT2D eigenvalue weighted by Gasteiger charge is 2.20. The summed E-state index contributed by atoms with van der Waals surface area (Å²) >= 11 is 1.43. The monoisotopic (exact) mass is 292 g/mol. The van der Waals surface area contributed by atoms with Crippen LogP contribution in [0.25, 0.3) is 0 Å². The summed E-state index contributed by atoms with van der Waals surface area (Å²) in [4.78, 5) is 15.8. The number of nitrogens with two attached hydrogens (primary N) is 1. The summed E-state index contributed by atoms with van der Waals surface area (Å²) in [6.07, 6.45) is 2.07. The van der Waals surface area contributed by atoms with E-state index in [1.165, 1.54) is 11.3 Å². The van der Waals surface area contributed by atoms with E-state index < -0.39 is 0 Å². The fraction of sp³-hybridized carbons (Fsp3) is 0.533. The first kappa shape index (κ1) is 15.0. The SMILES string of the molecule is CN(CC1CCOCC1)C(=O)c1ccc(C#CCN)s1. The van der Waals surface area contributed by atoms with E-state index in [1.54, 1.807) is 0 Å². The first-order valence-corrected chi connectivity index (χ1v) is 7.64. The van der Waals surface area contributed by atoms with Gasteiger partial charge in [-0.2, -0.15) is 0 Å². The zero-order valence-electron chi connectivity index (χ0n) is 11.7. The number of ether oxygens (including phenoxy) is 1. The summed E-state index contributed by atoms with van der Waals surface area (Å²) in [5.41, 5.74) is 5.34. The van der Waals surface area contributed by atoms with Crippen LogP contribution in [0, 0.1) is 17.8 Å². The highest BCUT2D eigenvalue weighted by molar-refractivity contribution is 7.14. The third-order valence-corrected chi connectivity index (χ3v) is 4.34. The van der Waals surface area contributed by atoms with Crippen molar-refractivity contribution in [2.45, 2.75) is 12.8 Å². The lowest BCUT2D eigenvalue weighted by Gasteiger charge is -2.26. The average Bonchev–Trinajstić information content (AvgIpc) is 2.94. The third kappa shape index (κ3) is 4.07. The normalized spacial score (nSPS) is 15.5. The van der Waals surface area contributed by atoms with E-state index in [4.69, 9.17) is 10.5 Å². The molecule has 4 nitrogen and oxygen atoms in total. The van der Waals surface area contributed by atoms with Crippen LogP contribution >= 0.6 is 11.3 Å². The van der Waals surface area contributed by atoms with Gasteiger partial charge in [-0.1, -0.05) is 11.8 Å². The number of carbonyl (C=O) groups excluding carboxylic acids is 1. The minimum absolute atomic E-state index is 0.0716. The molecule has 0 aromatic carbocycles. The predicted octanol–water partition coefficient (Wildman–Crippen LogP) is 1.56. The van der Waals surface area contributed by atoms with Crippen molar-refractivity contribution in [1.29, 1.82) is 0 Å². The van der Waals surface area contributed by atoms with Crippen molar-refractivity contribution in [1.82, 2.24) is 4.90 Å². The molecule has 1 aliphatic heterocycles. The van der Waals surface area contributed by atoms with Gasteiger partial charge in [0.25, 0.3) is 5.91 Å². The molecular formula is C15H20N2O2S. The molecule has 0 atom stereocenters. The highest BCUT2D eigenvalue weighted by Crippen LogP contribution is 2.20. The molecule has 1 aromatic rings. The molecule has 5 heteroatoms. The van der Waals surface area contributed by atoms with Crippen molar-refractivity contribution in [3.8, 4) is 11.8 Å². The molecule has 0 aliphatic carbocycles. The van der Waals surface area contributed by atoms with Crippen LogP contribution in [0.3, 0.4) is 0 Å². The zero-order valence-corrected chi connectivity index (χ0v) is 12.5. The topological polar surface area (TPSA) is 55.6 Å². The Morgan fingerprint density at radius 2 is 2.25 bits per heavy atom. The molecule has 1 aromatic heterocycles. The van der Waals surface area contributed by atoms with E-state index in [1.807, 2.05) is 24.1 Å². The summed E-state index contributed by atoms with van der Waals surface area (Å²) in [6.45, 7) is 2.75. The fourth-order valence-electron chi connectivity index (χ4n) is 2.25. The first-order chi connectivity index (χ1) is 9.70. The van der Waals surface area contributed by atoms with Gasteiger partial charge in [0, 0.05) is 26.8 Å². The molecule has 0 radical (unpaired) electrons. The molecule has 1 saturated heterocycles. The van der Waals surface area contributed by atoms with Crippen LogP contribution in [0.1, 0.15) is 27.4 Å². The molecular weight excluding hydrogens is 272 g/mol. The van der Waals surface area contributed by atoms with Gasteiger partial charge in [0.15, 0.2) is 0 Å². The van der Waals surface area contributed by atoms with Crippen molar-refractivity contribution in [3.63, 3.8) is 0 Å². The standard InChI is InChI=1S/C15H20N2O2S/c1-17(11-12-6-9-19-10-7-12)15(18)14-5-4-13(20-14)3-2-8-16/h4-5,12H,6-11,16H2,1H3. The van der Waals surface area contributed by atoms with Crippen LogP contribution in [0.15, 0.2) is 12.1 Å². The van der Waals surface area contributed by atoms with Gasteiger partial charge in [0.2, 0.25) is 0 Å². The Bertz CT molecular complexity index is 509. The van der Waals surface area contributed by atoms with Gasteiger partial charge in [0.05, 0.1) is 16.3 Å². The van der Waals surface area contributed by atoms with Gasteiger partial charge in [-0.3, -0.25) is 4.79 Å². The first-order valence-electron chi connectivity index (χ1n) is 6.82. The lowest BCUT2D eigenvalue weighted by atomic mass is 10.00. The number of rotatable bonds is 3. The van der Waals surface area contributed by atoms with Crippen LogP contribution in [0.4, 0.5) is 0 Å². The second-order valence-electron chi connectivity index (χ2n) is 4.91. The Morgan fingerprint density at radius 1 is 1.50 bits per heavy atom. The maximum Gasteiger partial charge on any atom is 0.263 e. The third-order valence-electron chi connectivity index (χ3n) is 3.35. The molecule has 1 fully saturated rings. The molecule has 2 rings (SSSR count). The molecule has 2 heterocycles. The zero-order chi connectivity index (χ0) is 14.4. The highest BCUT2D eigenvalue weighted by atomic mass is 32.1. The summed E-state index contributed by atoms with van der Waals surface area (Å²) in [5, 5.41) is 0. The molecule has 0 saturated carbocycles. The van der Waals surface area contributed by atoms with Crippen LogP contribution in [-0.2, 0) is 4.74 Å². The van der Waals surface area contributed by atoms with Crippen molar-refractivity contribution < 1.29 is 9.53 Å². The van der Waals surface area contributed by atoms with E-state index in [-0.39, 0.29) is 5.91 Å². The molecule has 108 valence electrons. The number of nitrogens with zero attached hydrogens (tertiary/aromatic N) is 1. The fourth-order valence-corrected chi connectivity index (χ4v) is 3.12. The lowest BCUT2D eigenvalue weighted by Crippen LogP contribution is -2.33. The minimum Gasteiger partial charge on any atom is -0.381 e. The molecule has 0 spiro atoms. The van der Waals surface area contributed by atoms with Crippen molar-refractivity contribution in [2.75, 3.05) is 33.4 Å². The Morgan fingerprint density at radius 3 is 2.95 bits per heavy atom. The van der Waals surface area contributed by atoms with Crippen LogP contribution in [0.5, 0.6) is 0 Å². The van der Waals surface area contributed by atoms with E-state index in [2.05, 4.69) is 11.8 Å². The Balaban J connectivity index is 1.93. The summed E-state index contributed by atoms with van der Waals surface area (Å²) in [7, 11) is 1.86. The maximum absolute atomic E-state index is 12.3. The molecule has 20 heavy (non-hydrogen) atoms. The van der Waals surface area contributed by atoms with Gasteiger partial charge in [-0.15, -0.1) is 11.3 Å². The van der Waals surface area contributed by atoms with Crippen molar-refractivity contribution in [2.24, 2.45) is 11.7 Å². The van der Waals surface area contributed by atoms with Crippen LogP contribution < -0.4 is 5.73 Å². The summed E-state index contributed by atoms with van der Waals surface area (Å²) in [5.74, 6) is 6.38. The van der Waals surface area contributed by atoms with E-state index in [9.17, 15) is 4.79 Å². The second-order valence-corrected chi connectivity index (χ2v) is 5.99. The average molecular weight is 292 g/mol. The summed E-state index contributed by atoms with van der Waals surface area (Å²) in [6, 6.07) is 3.72. The molecule has 2 N–H and O–H groups in total. The van der Waals surface area contributed by atoms with Crippen LogP contribution in [-0.4, -0.2) is 44.2 Å². The Hall–Kier alpha value is -1.35. The molecule has 1 aliphatic rings.